The van der Waals surface area contributed by atoms with Crippen molar-refractivity contribution >= 4 is 16.1 Å². The van der Waals surface area contributed by atoms with Crippen LogP contribution in [0.15, 0.2) is 29.2 Å². The molecule has 0 aliphatic carbocycles. The third-order valence-electron chi connectivity index (χ3n) is 7.59. The van der Waals surface area contributed by atoms with E-state index in [0.717, 1.165) is 30.4 Å². The van der Waals surface area contributed by atoms with Crippen LogP contribution in [0.4, 0.5) is 4.79 Å². The van der Waals surface area contributed by atoms with Gasteiger partial charge in [0.1, 0.15) is 0 Å². The van der Waals surface area contributed by atoms with Crippen molar-refractivity contribution in [2.24, 2.45) is 23.7 Å². The van der Waals surface area contributed by atoms with E-state index in [0.29, 0.717) is 43.4 Å². The van der Waals surface area contributed by atoms with Crippen molar-refractivity contribution in [3.05, 3.63) is 29.8 Å². The maximum absolute atomic E-state index is 13.3. The fraction of sp³-hybridized carbons (Fsp3) is 0.750. The van der Waals surface area contributed by atoms with Gasteiger partial charge in [-0.2, -0.15) is 4.31 Å². The van der Waals surface area contributed by atoms with Crippen LogP contribution >= 0.6 is 0 Å². The van der Waals surface area contributed by atoms with Gasteiger partial charge in [0.2, 0.25) is 10.0 Å². The molecule has 2 aliphatic heterocycles. The molecule has 1 aromatic rings. The predicted molar refractivity (Wildman–Crippen MR) is 144 cm³/mol. The lowest BCUT2D eigenvalue weighted by Crippen LogP contribution is -2.46. The first-order valence-corrected chi connectivity index (χ1v) is 15.2. The van der Waals surface area contributed by atoms with Crippen LogP contribution in [0.25, 0.3) is 0 Å². The molecule has 36 heavy (non-hydrogen) atoms. The molecule has 8 heteroatoms. The van der Waals surface area contributed by atoms with Crippen molar-refractivity contribution in [2.75, 3.05) is 39.3 Å². The molecule has 2 fully saturated rings. The number of nitrogens with one attached hydrogen (secondary N) is 1. The molecule has 1 atom stereocenters. The van der Waals surface area contributed by atoms with Crippen molar-refractivity contribution in [1.29, 1.82) is 0 Å². The van der Waals surface area contributed by atoms with Gasteiger partial charge in [0.15, 0.2) is 0 Å². The second kappa shape index (κ2) is 13.2. The zero-order valence-corrected chi connectivity index (χ0v) is 23.7. The van der Waals surface area contributed by atoms with Gasteiger partial charge >= 0.3 is 6.09 Å². The number of amides is 1. The number of ether oxygens (including phenoxy) is 1. The number of hydrogen-bond donors (Lipinski definition) is 1. The van der Waals surface area contributed by atoms with E-state index in [1.807, 2.05) is 32.0 Å². The topological polar surface area (TPSA) is 79.0 Å². The molecular weight excluding hydrogens is 474 g/mol. The van der Waals surface area contributed by atoms with Gasteiger partial charge in [-0.05, 0) is 86.6 Å². The minimum atomic E-state index is -3.56. The SMILES string of the molecule is CC(C)COC(=O)NC1CCN(S(=O)(=O)c2cccc(CC(C)CN3CCC(C(C)C)CC3)c2)CC1. The van der Waals surface area contributed by atoms with Crippen molar-refractivity contribution in [1.82, 2.24) is 14.5 Å². The molecule has 2 heterocycles. The van der Waals surface area contributed by atoms with Crippen LogP contribution in [0, 0.1) is 23.7 Å². The minimum Gasteiger partial charge on any atom is -0.449 e. The van der Waals surface area contributed by atoms with Gasteiger partial charge in [-0.15, -0.1) is 0 Å². The molecular formula is C28H47N3O4S. The monoisotopic (exact) mass is 521 g/mol. The predicted octanol–water partition coefficient (Wildman–Crippen LogP) is 4.77. The van der Waals surface area contributed by atoms with Crippen LogP contribution in [-0.4, -0.2) is 69.1 Å². The first kappa shape index (κ1) is 28.9. The lowest BCUT2D eigenvalue weighted by atomic mass is 9.86. The van der Waals surface area contributed by atoms with Crippen molar-refractivity contribution < 1.29 is 17.9 Å². The van der Waals surface area contributed by atoms with Gasteiger partial charge in [0, 0.05) is 25.7 Å². The summed E-state index contributed by atoms with van der Waals surface area (Å²) in [6.07, 6.45) is 4.18. The summed E-state index contributed by atoms with van der Waals surface area (Å²) in [4.78, 5) is 14.9. The Bertz CT molecular complexity index is 934. The maximum Gasteiger partial charge on any atom is 0.407 e. The quantitative estimate of drug-likeness (QED) is 0.480. The van der Waals surface area contributed by atoms with Crippen LogP contribution in [0.1, 0.15) is 65.9 Å². The minimum absolute atomic E-state index is 0.0612. The van der Waals surface area contributed by atoms with Crippen molar-refractivity contribution in [3.63, 3.8) is 0 Å². The molecule has 2 aliphatic rings. The van der Waals surface area contributed by atoms with E-state index in [1.54, 1.807) is 10.4 Å². The standard InChI is InChI=1S/C28H47N3O4S/c1-21(2)20-35-28(32)29-26-11-15-31(16-12-26)36(33,34)27-8-6-7-24(18-27)17-23(5)19-30-13-9-25(10-14-30)22(3)4/h6-8,18,21-23,25-26H,9-17,19-20H2,1-5H3,(H,29,32). The highest BCUT2D eigenvalue weighted by molar-refractivity contribution is 7.89. The van der Waals surface area contributed by atoms with E-state index in [9.17, 15) is 13.2 Å². The molecule has 3 rings (SSSR count). The zero-order valence-electron chi connectivity index (χ0n) is 22.9. The van der Waals surface area contributed by atoms with E-state index in [2.05, 4.69) is 31.0 Å². The van der Waals surface area contributed by atoms with E-state index in [-0.39, 0.29) is 12.0 Å². The van der Waals surface area contributed by atoms with Crippen LogP contribution in [-0.2, 0) is 21.2 Å². The Hall–Kier alpha value is -1.64. The molecule has 204 valence electrons. The highest BCUT2D eigenvalue weighted by atomic mass is 32.2. The Morgan fingerprint density at radius 1 is 1.03 bits per heavy atom. The van der Waals surface area contributed by atoms with Gasteiger partial charge in [0.05, 0.1) is 11.5 Å². The zero-order chi connectivity index (χ0) is 26.3. The lowest BCUT2D eigenvalue weighted by Gasteiger charge is -2.35. The first-order valence-electron chi connectivity index (χ1n) is 13.8. The number of alkyl carbamates (subject to hydrolysis) is 1. The summed E-state index contributed by atoms with van der Waals surface area (Å²) < 4.78 is 33.4. The third kappa shape index (κ3) is 8.45. The molecule has 0 bridgehead atoms. The van der Waals surface area contributed by atoms with Crippen molar-refractivity contribution in [2.45, 2.75) is 77.7 Å². The number of carbonyl (C=O) groups is 1. The Balaban J connectivity index is 1.50. The van der Waals surface area contributed by atoms with Gasteiger partial charge < -0.3 is 15.0 Å². The molecule has 1 unspecified atom stereocenters. The molecule has 1 N–H and O–H groups in total. The second-order valence-corrected chi connectivity index (χ2v) is 13.6. The molecule has 0 radical (unpaired) electrons. The summed E-state index contributed by atoms with van der Waals surface area (Å²) in [6, 6.07) is 7.40. The summed E-state index contributed by atoms with van der Waals surface area (Å²) in [6.45, 7) is 15.5. The number of piperidine rings is 2. The Morgan fingerprint density at radius 2 is 1.69 bits per heavy atom. The summed E-state index contributed by atoms with van der Waals surface area (Å²) in [5, 5.41) is 2.87. The molecule has 2 saturated heterocycles. The Kier molecular flexibility index (Phi) is 10.6. The molecule has 0 spiro atoms. The second-order valence-electron chi connectivity index (χ2n) is 11.7. The number of carbonyl (C=O) groups excluding carboxylic acids is 1. The highest BCUT2D eigenvalue weighted by Crippen LogP contribution is 2.26. The summed E-state index contributed by atoms with van der Waals surface area (Å²) >= 11 is 0. The number of likely N-dealkylation sites (tertiary alicyclic amines) is 1. The molecule has 7 nitrogen and oxygen atoms in total. The van der Waals surface area contributed by atoms with E-state index < -0.39 is 16.1 Å². The molecule has 0 aromatic heterocycles. The normalized spacial score (nSPS) is 20.1. The Labute approximate surface area is 219 Å². The fourth-order valence-electron chi connectivity index (χ4n) is 5.38. The average molecular weight is 522 g/mol. The Morgan fingerprint density at radius 3 is 2.31 bits per heavy atom. The highest BCUT2D eigenvalue weighted by Gasteiger charge is 2.30. The van der Waals surface area contributed by atoms with Crippen LogP contribution in [0.2, 0.25) is 0 Å². The molecule has 0 saturated carbocycles. The largest absolute Gasteiger partial charge is 0.449 e. The van der Waals surface area contributed by atoms with Gasteiger partial charge in [-0.25, -0.2) is 13.2 Å². The van der Waals surface area contributed by atoms with E-state index in [4.69, 9.17) is 4.74 Å². The number of rotatable bonds is 10. The van der Waals surface area contributed by atoms with Gasteiger partial charge in [0.25, 0.3) is 0 Å². The maximum atomic E-state index is 13.3. The lowest BCUT2D eigenvalue weighted by molar-refractivity contribution is 0.125. The number of nitrogens with zero attached hydrogens (tertiary/aromatic N) is 2. The number of benzene rings is 1. The van der Waals surface area contributed by atoms with Crippen LogP contribution in [0.3, 0.4) is 0 Å². The summed E-state index contributed by atoms with van der Waals surface area (Å²) in [5.74, 6) is 2.36. The van der Waals surface area contributed by atoms with E-state index >= 15 is 0 Å². The molecule has 1 amide bonds. The summed E-state index contributed by atoms with van der Waals surface area (Å²) in [7, 11) is -3.56. The fourth-order valence-corrected chi connectivity index (χ4v) is 6.92. The van der Waals surface area contributed by atoms with Crippen LogP contribution in [0.5, 0.6) is 0 Å². The average Bonchev–Trinajstić information content (AvgIpc) is 2.83. The first-order chi connectivity index (χ1) is 17.0. The molecule has 1 aromatic carbocycles. The van der Waals surface area contributed by atoms with E-state index in [1.165, 1.54) is 25.9 Å². The summed E-state index contributed by atoms with van der Waals surface area (Å²) in [5.41, 5.74) is 1.07. The number of sulfonamides is 1. The van der Waals surface area contributed by atoms with Gasteiger partial charge in [-0.1, -0.05) is 46.8 Å². The van der Waals surface area contributed by atoms with Gasteiger partial charge in [-0.3, -0.25) is 0 Å². The smallest absolute Gasteiger partial charge is 0.407 e. The van der Waals surface area contributed by atoms with Crippen molar-refractivity contribution in [3.8, 4) is 0 Å². The van der Waals surface area contributed by atoms with Crippen LogP contribution < -0.4 is 5.32 Å². The third-order valence-corrected chi connectivity index (χ3v) is 9.48. The number of hydrogen-bond acceptors (Lipinski definition) is 5.